The first-order chi connectivity index (χ1) is 11.0. The Bertz CT molecular complexity index is 644. The molecule has 0 amide bonds. The van der Waals surface area contributed by atoms with Gasteiger partial charge in [0, 0.05) is 45.0 Å². The number of nitrogens with zero attached hydrogens (tertiary/aromatic N) is 2. The van der Waals surface area contributed by atoms with E-state index in [-0.39, 0.29) is 30.4 Å². The molecule has 1 aliphatic rings. The average Bonchev–Trinajstić information content (AvgIpc) is 2.56. The van der Waals surface area contributed by atoms with Crippen LogP contribution in [0.15, 0.2) is 41.1 Å². The molecule has 1 saturated heterocycles. The van der Waals surface area contributed by atoms with Crippen molar-refractivity contribution in [2.75, 3.05) is 51.6 Å². The van der Waals surface area contributed by atoms with Gasteiger partial charge in [0.15, 0.2) is 0 Å². The van der Waals surface area contributed by atoms with Crippen molar-refractivity contribution in [1.82, 2.24) is 9.21 Å². The van der Waals surface area contributed by atoms with Gasteiger partial charge in [-0.3, -0.25) is 0 Å². The molecule has 2 rings (SSSR count). The van der Waals surface area contributed by atoms with Gasteiger partial charge in [-0.15, -0.1) is 12.4 Å². The van der Waals surface area contributed by atoms with Crippen molar-refractivity contribution < 1.29 is 12.8 Å². The highest BCUT2D eigenvalue weighted by Crippen LogP contribution is 2.19. The first kappa shape index (κ1) is 20.9. The third-order valence-corrected chi connectivity index (χ3v) is 5.80. The molecule has 3 N–H and O–H groups in total. The molecular weight excluding hydrogens is 355 g/mol. The first-order valence-corrected chi connectivity index (χ1v) is 8.92. The van der Waals surface area contributed by atoms with Crippen molar-refractivity contribution in [1.29, 1.82) is 0 Å². The van der Waals surface area contributed by atoms with E-state index in [9.17, 15) is 12.8 Å². The Balaban J connectivity index is 0.00000288. The number of hydrogen-bond donors (Lipinski definition) is 2. The molecular formula is C15H24ClFN4O2S. The zero-order valence-electron chi connectivity index (χ0n) is 13.6. The molecule has 1 heterocycles. The van der Waals surface area contributed by atoms with Crippen LogP contribution in [0, 0.1) is 0 Å². The monoisotopic (exact) mass is 378 g/mol. The summed E-state index contributed by atoms with van der Waals surface area (Å²) in [6.45, 7) is 2.89. The lowest BCUT2D eigenvalue weighted by Crippen LogP contribution is -2.46. The van der Waals surface area contributed by atoms with Gasteiger partial charge in [0.1, 0.15) is 0 Å². The van der Waals surface area contributed by atoms with E-state index in [2.05, 4.69) is 10.2 Å². The summed E-state index contributed by atoms with van der Waals surface area (Å²) in [5.41, 5.74) is 6.55. The fourth-order valence-electron chi connectivity index (χ4n) is 2.29. The van der Waals surface area contributed by atoms with Crippen LogP contribution in [0.5, 0.6) is 0 Å². The molecule has 0 aromatic heterocycles. The number of halogens is 2. The smallest absolute Gasteiger partial charge is 0.243 e. The van der Waals surface area contributed by atoms with E-state index in [1.54, 1.807) is 24.3 Å². The maximum atomic E-state index is 12.6. The molecule has 0 saturated carbocycles. The second kappa shape index (κ2) is 9.33. The minimum atomic E-state index is -3.46. The Hall–Kier alpha value is -1.19. The van der Waals surface area contributed by atoms with Crippen LogP contribution in [0.2, 0.25) is 0 Å². The van der Waals surface area contributed by atoms with E-state index in [0.717, 1.165) is 18.8 Å². The number of nitrogens with two attached hydrogens (primary N) is 1. The van der Waals surface area contributed by atoms with Crippen LogP contribution in [-0.2, 0) is 10.0 Å². The van der Waals surface area contributed by atoms with Crippen molar-refractivity contribution in [2.45, 2.75) is 4.90 Å². The lowest BCUT2D eigenvalue weighted by molar-refractivity contribution is 0.222. The van der Waals surface area contributed by atoms with E-state index in [1.165, 1.54) is 4.31 Å². The molecule has 1 aromatic carbocycles. The average molecular weight is 379 g/mol. The molecule has 9 heteroatoms. The fraction of sp³-hybridized carbons (Fsp3) is 0.467. The molecule has 0 radical (unpaired) electrons. The van der Waals surface area contributed by atoms with Crippen molar-refractivity contribution in [3.8, 4) is 0 Å². The van der Waals surface area contributed by atoms with Gasteiger partial charge in [-0.2, -0.15) is 4.31 Å². The number of benzene rings is 1. The van der Waals surface area contributed by atoms with Gasteiger partial charge < -0.3 is 16.0 Å². The molecule has 0 atom stereocenters. The standard InChI is InChI=1S/C15H23FN4O2S.ClH/c1-19-6-8-20(9-7-19)23(21,22)15-4-2-14(3-5-15)18-12-13(10-16)11-17;/h2-5,10,18H,6-9,11-12,17H2,1H3;1H/b13-10-;. The maximum Gasteiger partial charge on any atom is 0.243 e. The molecule has 1 fully saturated rings. The molecule has 6 nitrogen and oxygen atoms in total. The summed E-state index contributed by atoms with van der Waals surface area (Å²) in [6, 6.07) is 6.49. The quantitative estimate of drug-likeness (QED) is 0.779. The van der Waals surface area contributed by atoms with Crippen molar-refractivity contribution in [2.24, 2.45) is 5.73 Å². The van der Waals surface area contributed by atoms with Gasteiger partial charge in [-0.1, -0.05) is 0 Å². The molecule has 24 heavy (non-hydrogen) atoms. The Morgan fingerprint density at radius 3 is 2.33 bits per heavy atom. The molecule has 0 aliphatic carbocycles. The van der Waals surface area contributed by atoms with Crippen molar-refractivity contribution in [3.63, 3.8) is 0 Å². The number of likely N-dealkylation sites (N-methyl/N-ethyl adjacent to an activating group) is 1. The molecule has 0 bridgehead atoms. The minimum absolute atomic E-state index is 0. The Labute approximate surface area is 149 Å². The van der Waals surface area contributed by atoms with Gasteiger partial charge in [0.2, 0.25) is 10.0 Å². The zero-order chi connectivity index (χ0) is 16.9. The van der Waals surface area contributed by atoms with Crippen LogP contribution in [0.25, 0.3) is 0 Å². The summed E-state index contributed by atoms with van der Waals surface area (Å²) in [7, 11) is -1.48. The van der Waals surface area contributed by atoms with Crippen LogP contribution in [-0.4, -0.2) is 63.9 Å². The highest BCUT2D eigenvalue weighted by Gasteiger charge is 2.27. The van der Waals surface area contributed by atoms with Gasteiger partial charge in [0.25, 0.3) is 0 Å². The van der Waals surface area contributed by atoms with E-state index in [1.807, 2.05) is 7.05 Å². The molecule has 0 spiro atoms. The van der Waals surface area contributed by atoms with Crippen LogP contribution < -0.4 is 11.1 Å². The number of rotatable bonds is 6. The Kier molecular flexibility index (Phi) is 8.11. The molecule has 136 valence electrons. The number of anilines is 1. The van der Waals surface area contributed by atoms with Crippen LogP contribution >= 0.6 is 12.4 Å². The number of nitrogens with one attached hydrogen (secondary N) is 1. The van der Waals surface area contributed by atoms with Crippen molar-refractivity contribution in [3.05, 3.63) is 36.2 Å². The van der Waals surface area contributed by atoms with Gasteiger partial charge >= 0.3 is 0 Å². The number of hydrogen-bond acceptors (Lipinski definition) is 5. The second-order valence-electron chi connectivity index (χ2n) is 5.56. The van der Waals surface area contributed by atoms with Crippen LogP contribution in [0.1, 0.15) is 0 Å². The van der Waals surface area contributed by atoms with Crippen LogP contribution in [0.4, 0.5) is 10.1 Å². The second-order valence-corrected chi connectivity index (χ2v) is 7.49. The fourth-order valence-corrected chi connectivity index (χ4v) is 3.72. The SMILES string of the molecule is CN1CCN(S(=O)(=O)c2ccc(NC/C(=C\F)CN)cc2)CC1.Cl. The van der Waals surface area contributed by atoms with Gasteiger partial charge in [-0.05, 0) is 36.9 Å². The largest absolute Gasteiger partial charge is 0.381 e. The predicted molar refractivity (Wildman–Crippen MR) is 96.7 cm³/mol. The number of piperazine rings is 1. The molecule has 0 unspecified atom stereocenters. The first-order valence-electron chi connectivity index (χ1n) is 7.48. The summed E-state index contributed by atoms with van der Waals surface area (Å²) in [6.07, 6.45) is 0.485. The summed E-state index contributed by atoms with van der Waals surface area (Å²) in [5, 5.41) is 3.01. The summed E-state index contributed by atoms with van der Waals surface area (Å²) >= 11 is 0. The van der Waals surface area contributed by atoms with E-state index in [0.29, 0.717) is 25.0 Å². The summed E-state index contributed by atoms with van der Waals surface area (Å²) in [4.78, 5) is 2.37. The van der Waals surface area contributed by atoms with E-state index < -0.39 is 10.0 Å². The molecule has 1 aromatic rings. The highest BCUT2D eigenvalue weighted by molar-refractivity contribution is 7.89. The van der Waals surface area contributed by atoms with Crippen molar-refractivity contribution >= 4 is 28.1 Å². The summed E-state index contributed by atoms with van der Waals surface area (Å²) < 4.78 is 39.1. The maximum absolute atomic E-state index is 12.6. The molecule has 1 aliphatic heterocycles. The third kappa shape index (κ3) is 5.15. The predicted octanol–water partition coefficient (Wildman–Crippen LogP) is 1.27. The summed E-state index contributed by atoms with van der Waals surface area (Å²) in [5.74, 6) is 0. The lowest BCUT2D eigenvalue weighted by Gasteiger charge is -2.31. The lowest BCUT2D eigenvalue weighted by atomic mass is 10.2. The number of sulfonamides is 1. The van der Waals surface area contributed by atoms with Gasteiger partial charge in [0.05, 0.1) is 11.2 Å². The highest BCUT2D eigenvalue weighted by atomic mass is 35.5. The van der Waals surface area contributed by atoms with E-state index in [4.69, 9.17) is 5.73 Å². The topological polar surface area (TPSA) is 78.7 Å². The Morgan fingerprint density at radius 2 is 1.83 bits per heavy atom. The van der Waals surface area contributed by atoms with E-state index >= 15 is 0 Å². The third-order valence-electron chi connectivity index (χ3n) is 3.89. The van der Waals surface area contributed by atoms with Gasteiger partial charge in [-0.25, -0.2) is 12.8 Å². The minimum Gasteiger partial charge on any atom is -0.381 e. The van der Waals surface area contributed by atoms with Crippen LogP contribution in [0.3, 0.4) is 0 Å². The normalized spacial score (nSPS) is 17.4. The Morgan fingerprint density at radius 1 is 1.25 bits per heavy atom. The zero-order valence-corrected chi connectivity index (χ0v) is 15.2.